The normalized spacial score (nSPS) is 10.4. The van der Waals surface area contributed by atoms with Crippen LogP contribution < -0.4 is 4.74 Å². The van der Waals surface area contributed by atoms with Gasteiger partial charge in [-0.3, -0.25) is 4.68 Å². The van der Waals surface area contributed by atoms with Crippen molar-refractivity contribution in [3.63, 3.8) is 0 Å². The quantitative estimate of drug-likeness (QED) is 0.816. The van der Waals surface area contributed by atoms with Crippen molar-refractivity contribution in [3.05, 3.63) is 47.2 Å². The fraction of sp³-hybridized carbons (Fsp3) is 0.250. The topological polar surface area (TPSA) is 27.1 Å². The van der Waals surface area contributed by atoms with E-state index in [1.54, 1.807) is 6.20 Å². The van der Waals surface area contributed by atoms with E-state index in [1.807, 2.05) is 42.1 Å². The van der Waals surface area contributed by atoms with E-state index in [9.17, 15) is 0 Å². The third-order valence-electron chi connectivity index (χ3n) is 2.37. The summed E-state index contributed by atoms with van der Waals surface area (Å²) in [5, 5.41) is 4.74. The molecule has 0 bridgehead atoms. The highest BCUT2D eigenvalue weighted by Gasteiger charge is 2.01. The molecule has 84 valence electrons. The Bertz CT molecular complexity index is 468. The molecule has 1 heterocycles. The Labute approximate surface area is 99.6 Å². The summed E-state index contributed by atoms with van der Waals surface area (Å²) in [4.78, 5) is 0. The van der Waals surface area contributed by atoms with E-state index in [0.29, 0.717) is 11.6 Å². The molecule has 2 rings (SSSR count). The third-order valence-corrected chi connectivity index (χ3v) is 2.69. The Morgan fingerprint density at radius 1 is 1.31 bits per heavy atom. The monoisotopic (exact) mass is 236 g/mol. The lowest BCUT2D eigenvalue weighted by Crippen LogP contribution is -2.06. The van der Waals surface area contributed by atoms with Crippen LogP contribution in [0.3, 0.4) is 0 Å². The van der Waals surface area contributed by atoms with E-state index < -0.39 is 0 Å². The summed E-state index contributed by atoms with van der Waals surface area (Å²) in [6.07, 6.45) is 2.60. The Hall–Kier alpha value is -1.48. The second-order valence-corrected chi connectivity index (χ2v) is 3.88. The number of rotatable bonds is 4. The maximum atomic E-state index is 5.97. The number of benzene rings is 1. The van der Waals surface area contributed by atoms with E-state index in [1.165, 1.54) is 0 Å². The third kappa shape index (κ3) is 2.55. The largest absolute Gasteiger partial charge is 0.492 e. The SMILES string of the molecule is Cn1nccc1CCOc1ccccc1Cl. The number of aromatic nitrogens is 2. The van der Waals surface area contributed by atoms with Gasteiger partial charge >= 0.3 is 0 Å². The second-order valence-electron chi connectivity index (χ2n) is 3.48. The van der Waals surface area contributed by atoms with Gasteiger partial charge in [0.1, 0.15) is 5.75 Å². The molecule has 3 nitrogen and oxygen atoms in total. The van der Waals surface area contributed by atoms with Crippen molar-refractivity contribution >= 4 is 11.6 Å². The number of hydrogen-bond acceptors (Lipinski definition) is 2. The zero-order chi connectivity index (χ0) is 11.4. The lowest BCUT2D eigenvalue weighted by molar-refractivity contribution is 0.318. The van der Waals surface area contributed by atoms with Crippen LogP contribution in [0.4, 0.5) is 0 Å². The van der Waals surface area contributed by atoms with Crippen LogP contribution in [0.25, 0.3) is 0 Å². The molecule has 0 aliphatic carbocycles. The highest BCUT2D eigenvalue weighted by atomic mass is 35.5. The fourth-order valence-electron chi connectivity index (χ4n) is 1.47. The van der Waals surface area contributed by atoms with Crippen LogP contribution in [-0.2, 0) is 13.5 Å². The molecule has 0 atom stereocenters. The van der Waals surface area contributed by atoms with Gasteiger partial charge in [-0.1, -0.05) is 23.7 Å². The molecule has 0 unspecified atom stereocenters. The van der Waals surface area contributed by atoms with Gasteiger partial charge in [-0.05, 0) is 18.2 Å². The smallest absolute Gasteiger partial charge is 0.137 e. The molecular weight excluding hydrogens is 224 g/mol. The molecule has 16 heavy (non-hydrogen) atoms. The van der Waals surface area contributed by atoms with Gasteiger partial charge in [0.15, 0.2) is 0 Å². The van der Waals surface area contributed by atoms with E-state index in [2.05, 4.69) is 5.10 Å². The Morgan fingerprint density at radius 3 is 2.81 bits per heavy atom. The lowest BCUT2D eigenvalue weighted by atomic mass is 10.3. The number of aryl methyl sites for hydroxylation is 1. The van der Waals surface area contributed by atoms with Crippen molar-refractivity contribution in [1.29, 1.82) is 0 Å². The maximum absolute atomic E-state index is 5.97. The Morgan fingerprint density at radius 2 is 2.12 bits per heavy atom. The minimum absolute atomic E-state index is 0.600. The lowest BCUT2D eigenvalue weighted by Gasteiger charge is -2.07. The van der Waals surface area contributed by atoms with E-state index in [-0.39, 0.29) is 0 Å². The Balaban J connectivity index is 1.89. The number of hydrogen-bond donors (Lipinski definition) is 0. The number of para-hydroxylation sites is 1. The number of nitrogens with zero attached hydrogens (tertiary/aromatic N) is 2. The average Bonchev–Trinajstić information content (AvgIpc) is 2.67. The molecule has 0 aliphatic rings. The van der Waals surface area contributed by atoms with Gasteiger partial charge in [0.2, 0.25) is 0 Å². The number of ether oxygens (including phenoxy) is 1. The van der Waals surface area contributed by atoms with Gasteiger partial charge < -0.3 is 4.74 Å². The summed E-state index contributed by atoms with van der Waals surface area (Å²) in [7, 11) is 1.92. The Kier molecular flexibility index (Phi) is 3.47. The summed E-state index contributed by atoms with van der Waals surface area (Å²) in [5.74, 6) is 0.728. The molecule has 1 aromatic heterocycles. The molecule has 0 fully saturated rings. The molecule has 0 spiro atoms. The highest BCUT2D eigenvalue weighted by Crippen LogP contribution is 2.23. The van der Waals surface area contributed by atoms with Gasteiger partial charge in [0, 0.05) is 25.4 Å². The van der Waals surface area contributed by atoms with E-state index in [0.717, 1.165) is 17.9 Å². The van der Waals surface area contributed by atoms with Crippen molar-refractivity contribution in [2.45, 2.75) is 6.42 Å². The van der Waals surface area contributed by atoms with Gasteiger partial charge in [0.05, 0.1) is 11.6 Å². The van der Waals surface area contributed by atoms with Crippen LogP contribution >= 0.6 is 11.6 Å². The first-order valence-electron chi connectivity index (χ1n) is 5.11. The van der Waals surface area contributed by atoms with Crippen molar-refractivity contribution in [1.82, 2.24) is 9.78 Å². The van der Waals surface area contributed by atoms with Crippen molar-refractivity contribution in [2.75, 3.05) is 6.61 Å². The van der Waals surface area contributed by atoms with Crippen LogP contribution in [0.5, 0.6) is 5.75 Å². The molecule has 2 aromatic rings. The van der Waals surface area contributed by atoms with Crippen LogP contribution in [0.2, 0.25) is 5.02 Å². The summed E-state index contributed by atoms with van der Waals surface area (Å²) in [6, 6.07) is 9.46. The molecule has 0 aliphatic heterocycles. The minimum atomic E-state index is 0.600. The van der Waals surface area contributed by atoms with Crippen LogP contribution in [0.1, 0.15) is 5.69 Å². The van der Waals surface area contributed by atoms with Gasteiger partial charge in [0.25, 0.3) is 0 Å². The van der Waals surface area contributed by atoms with Crippen LogP contribution in [0, 0.1) is 0 Å². The molecule has 4 heteroatoms. The van der Waals surface area contributed by atoms with Crippen molar-refractivity contribution < 1.29 is 4.74 Å². The molecule has 0 saturated heterocycles. The number of halogens is 1. The summed E-state index contributed by atoms with van der Waals surface area (Å²) in [5.41, 5.74) is 1.15. The standard InChI is InChI=1S/C12H13ClN2O/c1-15-10(6-8-14-15)7-9-16-12-5-3-2-4-11(12)13/h2-6,8H,7,9H2,1H3. The van der Waals surface area contributed by atoms with Crippen molar-refractivity contribution in [3.8, 4) is 5.75 Å². The first kappa shape index (κ1) is 11.0. The summed E-state index contributed by atoms with van der Waals surface area (Å²) < 4.78 is 7.44. The fourth-order valence-corrected chi connectivity index (χ4v) is 1.66. The predicted molar refractivity (Wildman–Crippen MR) is 63.9 cm³/mol. The van der Waals surface area contributed by atoms with E-state index in [4.69, 9.17) is 16.3 Å². The zero-order valence-corrected chi connectivity index (χ0v) is 9.81. The van der Waals surface area contributed by atoms with E-state index >= 15 is 0 Å². The average molecular weight is 237 g/mol. The summed E-state index contributed by atoms with van der Waals surface area (Å²) in [6.45, 7) is 0.600. The highest BCUT2D eigenvalue weighted by molar-refractivity contribution is 6.32. The molecule has 0 saturated carbocycles. The minimum Gasteiger partial charge on any atom is -0.492 e. The molecule has 0 amide bonds. The first-order valence-corrected chi connectivity index (χ1v) is 5.49. The maximum Gasteiger partial charge on any atom is 0.137 e. The summed E-state index contributed by atoms with van der Waals surface area (Å²) >= 11 is 5.97. The predicted octanol–water partition coefficient (Wildman–Crippen LogP) is 2.70. The van der Waals surface area contributed by atoms with Gasteiger partial charge in [-0.25, -0.2) is 0 Å². The molecule has 0 N–H and O–H groups in total. The van der Waals surface area contributed by atoms with Crippen LogP contribution in [0.15, 0.2) is 36.5 Å². The molecule has 1 aromatic carbocycles. The molecule has 0 radical (unpaired) electrons. The zero-order valence-electron chi connectivity index (χ0n) is 9.06. The first-order chi connectivity index (χ1) is 7.77. The second kappa shape index (κ2) is 5.03. The van der Waals surface area contributed by atoms with Crippen LogP contribution in [-0.4, -0.2) is 16.4 Å². The van der Waals surface area contributed by atoms with Gasteiger partial charge in [-0.15, -0.1) is 0 Å². The van der Waals surface area contributed by atoms with Crippen molar-refractivity contribution in [2.24, 2.45) is 7.05 Å². The molecular formula is C12H13ClN2O. The van der Waals surface area contributed by atoms with Gasteiger partial charge in [-0.2, -0.15) is 5.10 Å².